The van der Waals surface area contributed by atoms with Gasteiger partial charge in [0.2, 0.25) is 0 Å². The summed E-state index contributed by atoms with van der Waals surface area (Å²) in [4.78, 5) is 14.7. The third-order valence-electron chi connectivity index (χ3n) is 3.70. The molecule has 0 radical (unpaired) electrons. The molecule has 1 aromatic rings. The highest BCUT2D eigenvalue weighted by molar-refractivity contribution is 7.98. The van der Waals surface area contributed by atoms with Crippen LogP contribution in [0.5, 0.6) is 0 Å². The van der Waals surface area contributed by atoms with Gasteiger partial charge in [-0.25, -0.2) is 4.39 Å². The van der Waals surface area contributed by atoms with Crippen molar-refractivity contribution < 1.29 is 9.18 Å². The van der Waals surface area contributed by atoms with Crippen molar-refractivity contribution in [3.8, 4) is 0 Å². The maximum Gasteiger partial charge on any atom is 0.166 e. The third kappa shape index (κ3) is 4.05. The van der Waals surface area contributed by atoms with Crippen LogP contribution in [0.3, 0.4) is 0 Å². The zero-order valence-electron chi connectivity index (χ0n) is 11.3. The second-order valence-corrected chi connectivity index (χ2v) is 5.97. The fraction of sp³-hybridized carbons (Fsp3) is 0.533. The van der Waals surface area contributed by atoms with Crippen LogP contribution in [0.25, 0.3) is 0 Å². The summed E-state index contributed by atoms with van der Waals surface area (Å²) in [6.07, 6.45) is 3.96. The molecule has 2 nitrogen and oxygen atoms in total. The Bertz CT molecular complexity index is 413. The number of ketones is 1. The quantitative estimate of drug-likeness (QED) is 0.774. The molecule has 19 heavy (non-hydrogen) atoms. The Hall–Kier alpha value is -0.870. The monoisotopic (exact) mass is 281 g/mol. The molecule has 0 saturated carbocycles. The number of Topliss-reactive ketones (excluding diaryl/α,β-unsaturated/α-hetero) is 1. The van der Waals surface area contributed by atoms with Gasteiger partial charge < -0.3 is 4.90 Å². The summed E-state index contributed by atoms with van der Waals surface area (Å²) in [5.74, 6) is 1.14. The van der Waals surface area contributed by atoms with Crippen molar-refractivity contribution >= 4 is 17.5 Å². The molecule has 0 bridgehead atoms. The van der Waals surface area contributed by atoms with Crippen molar-refractivity contribution in [3.05, 3.63) is 35.6 Å². The predicted octanol–water partition coefficient (Wildman–Crippen LogP) is 3.08. The Morgan fingerprint density at radius 2 is 1.95 bits per heavy atom. The van der Waals surface area contributed by atoms with E-state index in [1.807, 2.05) is 11.8 Å². The normalized spacial score (nSPS) is 17.6. The lowest BCUT2D eigenvalue weighted by Crippen LogP contribution is -2.37. The first-order valence-electron chi connectivity index (χ1n) is 6.72. The number of carbonyl (C=O) groups is 1. The van der Waals surface area contributed by atoms with E-state index in [4.69, 9.17) is 0 Å². The first kappa shape index (κ1) is 14.5. The Labute approximate surface area is 118 Å². The van der Waals surface area contributed by atoms with Crippen LogP contribution in [0.4, 0.5) is 4.39 Å². The van der Waals surface area contributed by atoms with Crippen molar-refractivity contribution in [2.24, 2.45) is 5.92 Å². The Kier molecular flexibility index (Phi) is 5.40. The summed E-state index contributed by atoms with van der Waals surface area (Å²) in [7, 11) is 0. The van der Waals surface area contributed by atoms with E-state index >= 15 is 0 Å². The van der Waals surface area contributed by atoms with Crippen molar-refractivity contribution in [3.63, 3.8) is 0 Å². The number of likely N-dealkylation sites (tertiary alicyclic amines) is 1. The van der Waals surface area contributed by atoms with E-state index in [0.717, 1.165) is 38.2 Å². The van der Waals surface area contributed by atoms with E-state index in [1.54, 1.807) is 12.1 Å². The smallest absolute Gasteiger partial charge is 0.166 e. The van der Waals surface area contributed by atoms with Crippen molar-refractivity contribution in [1.29, 1.82) is 0 Å². The molecule has 0 spiro atoms. The van der Waals surface area contributed by atoms with Gasteiger partial charge in [-0.3, -0.25) is 4.79 Å². The first-order valence-corrected chi connectivity index (χ1v) is 8.11. The molecule has 1 heterocycles. The molecule has 4 heteroatoms. The van der Waals surface area contributed by atoms with Gasteiger partial charge in [0.15, 0.2) is 5.78 Å². The summed E-state index contributed by atoms with van der Waals surface area (Å²) < 4.78 is 12.8. The molecule has 0 aromatic heterocycles. The van der Waals surface area contributed by atoms with Crippen LogP contribution < -0.4 is 0 Å². The van der Waals surface area contributed by atoms with E-state index in [-0.39, 0.29) is 17.5 Å². The van der Waals surface area contributed by atoms with Gasteiger partial charge in [0.1, 0.15) is 5.82 Å². The molecule has 1 saturated heterocycles. The molecular formula is C15H20FNOS. The van der Waals surface area contributed by atoms with E-state index in [0.29, 0.717) is 5.56 Å². The van der Waals surface area contributed by atoms with Crippen LogP contribution in [-0.4, -0.2) is 42.3 Å². The molecule has 1 aliphatic rings. The number of nitrogens with zero attached hydrogens (tertiary/aromatic N) is 1. The fourth-order valence-corrected chi connectivity index (χ4v) is 2.93. The Morgan fingerprint density at radius 1 is 1.32 bits per heavy atom. The minimum atomic E-state index is -0.288. The van der Waals surface area contributed by atoms with E-state index < -0.39 is 0 Å². The van der Waals surface area contributed by atoms with Crippen molar-refractivity contribution in [1.82, 2.24) is 4.90 Å². The standard InChI is InChI=1S/C15H20FNOS/c1-19-11-10-17-8-6-13(7-9-17)15(18)12-2-4-14(16)5-3-12/h2-5,13H,6-11H2,1H3. The van der Waals surface area contributed by atoms with Gasteiger partial charge >= 0.3 is 0 Å². The highest BCUT2D eigenvalue weighted by atomic mass is 32.2. The van der Waals surface area contributed by atoms with Crippen LogP contribution in [0, 0.1) is 11.7 Å². The van der Waals surface area contributed by atoms with Crippen molar-refractivity contribution in [2.75, 3.05) is 31.6 Å². The summed E-state index contributed by atoms with van der Waals surface area (Å²) >= 11 is 1.86. The van der Waals surface area contributed by atoms with E-state index in [1.165, 1.54) is 12.1 Å². The third-order valence-corrected chi connectivity index (χ3v) is 4.29. The van der Waals surface area contributed by atoms with E-state index in [2.05, 4.69) is 11.2 Å². The molecule has 1 fully saturated rings. The average Bonchev–Trinajstić information content (AvgIpc) is 2.46. The second kappa shape index (κ2) is 7.06. The molecule has 2 rings (SSSR count). The van der Waals surface area contributed by atoms with Gasteiger partial charge in [0.25, 0.3) is 0 Å². The first-order chi connectivity index (χ1) is 9.20. The number of thioether (sulfide) groups is 1. The summed E-state index contributed by atoms with van der Waals surface area (Å²) in [6.45, 7) is 3.11. The van der Waals surface area contributed by atoms with Gasteiger partial charge in [-0.1, -0.05) is 0 Å². The zero-order valence-corrected chi connectivity index (χ0v) is 12.1. The molecule has 0 unspecified atom stereocenters. The van der Waals surface area contributed by atoms with Gasteiger partial charge in [-0.15, -0.1) is 0 Å². The number of hydrogen-bond acceptors (Lipinski definition) is 3. The lowest BCUT2D eigenvalue weighted by atomic mass is 9.89. The number of benzene rings is 1. The van der Waals surface area contributed by atoms with Crippen LogP contribution in [0.15, 0.2) is 24.3 Å². The molecule has 1 aliphatic heterocycles. The number of halogens is 1. The second-order valence-electron chi connectivity index (χ2n) is 4.98. The molecule has 0 N–H and O–H groups in total. The van der Waals surface area contributed by atoms with Gasteiger partial charge in [0, 0.05) is 23.8 Å². The average molecular weight is 281 g/mol. The Balaban J connectivity index is 1.87. The van der Waals surface area contributed by atoms with Crippen LogP contribution in [-0.2, 0) is 0 Å². The minimum Gasteiger partial charge on any atom is -0.302 e. The van der Waals surface area contributed by atoms with Crippen LogP contribution >= 0.6 is 11.8 Å². The topological polar surface area (TPSA) is 20.3 Å². The number of hydrogen-bond donors (Lipinski definition) is 0. The molecule has 1 aromatic carbocycles. The largest absolute Gasteiger partial charge is 0.302 e. The highest BCUT2D eigenvalue weighted by Gasteiger charge is 2.25. The minimum absolute atomic E-state index is 0.107. The van der Waals surface area contributed by atoms with Crippen LogP contribution in [0.2, 0.25) is 0 Å². The molecular weight excluding hydrogens is 261 g/mol. The van der Waals surface area contributed by atoms with Gasteiger partial charge in [-0.05, 0) is 56.5 Å². The maximum absolute atomic E-state index is 12.8. The lowest BCUT2D eigenvalue weighted by molar-refractivity contribution is 0.0845. The van der Waals surface area contributed by atoms with Crippen molar-refractivity contribution in [2.45, 2.75) is 12.8 Å². The number of piperidine rings is 1. The summed E-state index contributed by atoms with van der Waals surface area (Å²) in [5.41, 5.74) is 0.643. The maximum atomic E-state index is 12.8. The molecule has 0 aliphatic carbocycles. The highest BCUT2D eigenvalue weighted by Crippen LogP contribution is 2.22. The number of carbonyl (C=O) groups excluding carboxylic acids is 1. The zero-order chi connectivity index (χ0) is 13.7. The molecule has 0 amide bonds. The fourth-order valence-electron chi connectivity index (χ4n) is 2.49. The lowest BCUT2D eigenvalue weighted by Gasteiger charge is -2.31. The van der Waals surface area contributed by atoms with Gasteiger partial charge in [0.05, 0.1) is 0 Å². The SMILES string of the molecule is CSCCN1CCC(C(=O)c2ccc(F)cc2)CC1. The van der Waals surface area contributed by atoms with E-state index in [9.17, 15) is 9.18 Å². The van der Waals surface area contributed by atoms with Gasteiger partial charge in [-0.2, -0.15) is 11.8 Å². The molecule has 104 valence electrons. The number of rotatable bonds is 5. The predicted molar refractivity (Wildman–Crippen MR) is 78.3 cm³/mol. The van der Waals surface area contributed by atoms with Crippen LogP contribution in [0.1, 0.15) is 23.2 Å². The molecule has 0 atom stereocenters. The summed E-state index contributed by atoms with van der Waals surface area (Å²) in [5, 5.41) is 0. The Morgan fingerprint density at radius 3 is 2.53 bits per heavy atom. The summed E-state index contributed by atoms with van der Waals surface area (Å²) in [6, 6.07) is 5.91.